The molecule has 3 aliphatic rings. The molecule has 0 radical (unpaired) electrons. The van der Waals surface area contributed by atoms with Gasteiger partial charge in [0.1, 0.15) is 6.61 Å². The van der Waals surface area contributed by atoms with Crippen molar-refractivity contribution < 1.29 is 20.1 Å². The minimum atomic E-state index is -0.446. The highest BCUT2D eigenvalue weighted by molar-refractivity contribution is 5.83. The van der Waals surface area contributed by atoms with Gasteiger partial charge in [-0.2, -0.15) is 0 Å². The molecule has 138 valence electrons. The Kier molecular flexibility index (Phi) is 5.33. The fourth-order valence-corrected chi connectivity index (χ4v) is 5.34. The van der Waals surface area contributed by atoms with Crippen molar-refractivity contribution >= 4 is 5.78 Å². The monoisotopic (exact) mass is 346 g/mol. The average molecular weight is 346 g/mol. The van der Waals surface area contributed by atoms with Gasteiger partial charge in [0.2, 0.25) is 0 Å². The van der Waals surface area contributed by atoms with Gasteiger partial charge in [-0.1, -0.05) is 36.8 Å². The highest BCUT2D eigenvalue weighted by atomic mass is 16.3. The molecule has 3 fully saturated rings. The lowest BCUT2D eigenvalue weighted by Crippen LogP contribution is -2.42. The molecule has 4 heteroatoms. The molecule has 0 saturated heterocycles. The number of hydrogen-bond donors (Lipinski definition) is 3. The van der Waals surface area contributed by atoms with E-state index in [1.807, 2.05) is 0 Å². The first-order chi connectivity index (χ1) is 11.8. The molecular formula is C21H30O4. The molecule has 4 nitrogen and oxygen atoms in total. The van der Waals surface area contributed by atoms with Crippen molar-refractivity contribution in [3.05, 3.63) is 35.5 Å². The fraction of sp³-hybridized carbons (Fsp3) is 0.667. The molecule has 0 unspecified atom stereocenters. The Morgan fingerprint density at radius 2 is 1.96 bits per heavy atom. The zero-order chi connectivity index (χ0) is 18.2. The summed E-state index contributed by atoms with van der Waals surface area (Å²) in [4.78, 5) is 12.2. The van der Waals surface area contributed by atoms with E-state index < -0.39 is 12.7 Å². The summed E-state index contributed by atoms with van der Waals surface area (Å²) in [6.45, 7) is 5.78. The first-order valence-corrected chi connectivity index (χ1v) is 9.42. The summed E-state index contributed by atoms with van der Waals surface area (Å²) < 4.78 is 0. The predicted molar refractivity (Wildman–Crippen MR) is 96.8 cm³/mol. The van der Waals surface area contributed by atoms with Gasteiger partial charge in [-0.05, 0) is 61.9 Å². The highest BCUT2D eigenvalue weighted by Crippen LogP contribution is 2.57. The van der Waals surface area contributed by atoms with Crippen LogP contribution in [0.25, 0.3) is 0 Å². The third-order valence-corrected chi connectivity index (χ3v) is 6.66. The summed E-state index contributed by atoms with van der Waals surface area (Å²) in [5, 5.41) is 29.6. The quantitative estimate of drug-likeness (QED) is 0.734. The molecular weight excluding hydrogens is 316 g/mol. The Balaban J connectivity index is 1.87. The largest absolute Gasteiger partial charge is 0.393 e. The van der Waals surface area contributed by atoms with Crippen LogP contribution < -0.4 is 0 Å². The molecule has 0 aromatic carbocycles. The molecule has 0 bridgehead atoms. The van der Waals surface area contributed by atoms with E-state index in [-0.39, 0.29) is 29.1 Å². The van der Waals surface area contributed by atoms with Crippen LogP contribution in [0.5, 0.6) is 0 Å². The van der Waals surface area contributed by atoms with Crippen LogP contribution in [0.3, 0.4) is 0 Å². The fourth-order valence-electron chi connectivity index (χ4n) is 5.34. The lowest BCUT2D eigenvalue weighted by atomic mass is 9.62. The lowest BCUT2D eigenvalue weighted by molar-refractivity contribution is -0.130. The van der Waals surface area contributed by atoms with Crippen molar-refractivity contribution in [3.8, 4) is 0 Å². The van der Waals surface area contributed by atoms with Crippen molar-refractivity contribution in [1.82, 2.24) is 0 Å². The van der Waals surface area contributed by atoms with Crippen molar-refractivity contribution in [2.24, 2.45) is 17.3 Å². The van der Waals surface area contributed by atoms with Crippen molar-refractivity contribution in [3.63, 3.8) is 0 Å². The second-order valence-corrected chi connectivity index (χ2v) is 8.31. The molecule has 5 atom stereocenters. The highest BCUT2D eigenvalue weighted by Gasteiger charge is 2.53. The maximum Gasteiger partial charge on any atom is 0.161 e. The Morgan fingerprint density at radius 3 is 2.68 bits per heavy atom. The normalized spacial score (nSPS) is 42.0. The summed E-state index contributed by atoms with van der Waals surface area (Å²) in [6, 6.07) is 0. The number of Topliss-reactive ketones (excluding diaryl/α,β-unsaturated/α-hetero) is 1. The van der Waals surface area contributed by atoms with Crippen LogP contribution in [0, 0.1) is 17.3 Å². The van der Waals surface area contributed by atoms with E-state index >= 15 is 0 Å². The Labute approximate surface area is 149 Å². The molecule has 3 rings (SSSR count). The molecule has 0 amide bonds. The molecule has 0 spiro atoms. The van der Waals surface area contributed by atoms with Crippen molar-refractivity contribution in [1.29, 1.82) is 0 Å². The molecule has 3 saturated carbocycles. The van der Waals surface area contributed by atoms with Crippen molar-refractivity contribution in [2.75, 3.05) is 6.61 Å². The van der Waals surface area contributed by atoms with Gasteiger partial charge < -0.3 is 15.3 Å². The summed E-state index contributed by atoms with van der Waals surface area (Å²) in [5.41, 5.74) is 3.09. The van der Waals surface area contributed by atoms with Gasteiger partial charge in [-0.15, -0.1) is 0 Å². The second kappa shape index (κ2) is 7.18. The van der Waals surface area contributed by atoms with Gasteiger partial charge in [0.25, 0.3) is 0 Å². The summed E-state index contributed by atoms with van der Waals surface area (Å²) >= 11 is 0. The first kappa shape index (κ1) is 18.6. The summed E-state index contributed by atoms with van der Waals surface area (Å²) in [5.74, 6) is 0.00980. The van der Waals surface area contributed by atoms with E-state index in [0.717, 1.165) is 36.8 Å². The first-order valence-electron chi connectivity index (χ1n) is 9.42. The third kappa shape index (κ3) is 3.53. The second-order valence-electron chi connectivity index (χ2n) is 8.31. The molecule has 25 heavy (non-hydrogen) atoms. The van der Waals surface area contributed by atoms with Gasteiger partial charge in [0.15, 0.2) is 5.78 Å². The van der Waals surface area contributed by atoms with Crippen LogP contribution in [-0.2, 0) is 4.79 Å². The van der Waals surface area contributed by atoms with Gasteiger partial charge in [-0.25, -0.2) is 0 Å². The number of ketones is 1. The number of hydrogen-bond acceptors (Lipinski definition) is 4. The minimum absolute atomic E-state index is 0.0967. The number of carbonyl (C=O) groups excluding carboxylic acids is 1. The number of allylic oxidation sites excluding steroid dienone is 3. The molecule has 0 heterocycles. The Hall–Kier alpha value is -1.23. The number of aliphatic hydroxyl groups excluding tert-OH is 3. The van der Waals surface area contributed by atoms with Gasteiger partial charge >= 0.3 is 0 Å². The van der Waals surface area contributed by atoms with Crippen LogP contribution in [0.1, 0.15) is 51.9 Å². The van der Waals surface area contributed by atoms with Crippen LogP contribution in [-0.4, -0.2) is 39.9 Å². The molecule has 0 aromatic rings. The molecule has 0 aliphatic heterocycles. The van der Waals surface area contributed by atoms with E-state index in [0.29, 0.717) is 19.3 Å². The van der Waals surface area contributed by atoms with E-state index in [1.165, 1.54) is 5.57 Å². The van der Waals surface area contributed by atoms with Crippen LogP contribution in [0.4, 0.5) is 0 Å². The van der Waals surface area contributed by atoms with E-state index in [1.54, 1.807) is 0 Å². The minimum Gasteiger partial charge on any atom is -0.393 e. The zero-order valence-electron chi connectivity index (χ0n) is 15.1. The smallest absolute Gasteiger partial charge is 0.161 e. The van der Waals surface area contributed by atoms with Crippen LogP contribution in [0.15, 0.2) is 35.5 Å². The topological polar surface area (TPSA) is 77.8 Å². The Morgan fingerprint density at radius 1 is 1.20 bits per heavy atom. The average Bonchev–Trinajstić information content (AvgIpc) is 2.91. The van der Waals surface area contributed by atoms with Crippen molar-refractivity contribution in [2.45, 2.75) is 64.1 Å². The van der Waals surface area contributed by atoms with Gasteiger partial charge in [0.05, 0.1) is 12.2 Å². The molecule has 3 N–H and O–H groups in total. The number of rotatable bonds is 3. The molecule has 0 aromatic heterocycles. The summed E-state index contributed by atoms with van der Waals surface area (Å²) in [7, 11) is 0. The summed E-state index contributed by atoms with van der Waals surface area (Å²) in [6.07, 6.45) is 8.61. The lowest BCUT2D eigenvalue weighted by Gasteiger charge is -2.43. The molecule has 3 aliphatic carbocycles. The van der Waals surface area contributed by atoms with E-state index in [9.17, 15) is 20.1 Å². The Bertz CT molecular complexity index is 617. The van der Waals surface area contributed by atoms with Gasteiger partial charge in [-0.3, -0.25) is 4.79 Å². The van der Waals surface area contributed by atoms with Gasteiger partial charge in [0, 0.05) is 5.92 Å². The standard InChI is InChI=1S/C21H30O4/c1-13-3-6-16(23)9-14(13)4-5-15-10-17(24)11-21(2)18(15)7-8-19(21)20(25)12-22/h4-5,16-19,22-24H,1,3,6-12H2,2H3/t16-,17-,18+,19-,21+/m1/s1. The predicted octanol–water partition coefficient (Wildman–Crippen LogP) is 2.69. The number of aliphatic hydroxyl groups is 3. The maximum absolute atomic E-state index is 12.2. The van der Waals surface area contributed by atoms with E-state index in [4.69, 9.17) is 0 Å². The van der Waals surface area contributed by atoms with Crippen LogP contribution >= 0.6 is 0 Å². The zero-order valence-corrected chi connectivity index (χ0v) is 15.1. The number of carbonyl (C=O) groups is 1. The maximum atomic E-state index is 12.2. The van der Waals surface area contributed by atoms with E-state index in [2.05, 4.69) is 25.7 Å². The van der Waals surface area contributed by atoms with Crippen LogP contribution in [0.2, 0.25) is 0 Å². The SMILES string of the molecule is C=C1CC[C@@H](O)CC1=CC=C1C[C@@H](O)C[C@]2(C)[C@@H](C(=O)CO)CC[C@@H]12. The number of fused-ring (bicyclic) bond motifs is 1. The third-order valence-electron chi connectivity index (χ3n) is 6.66.